The molecule has 2 aliphatic carbocycles. The highest BCUT2D eigenvalue weighted by Gasteiger charge is 2.54. The highest BCUT2D eigenvalue weighted by Crippen LogP contribution is 2.48. The number of amides is 1. The van der Waals surface area contributed by atoms with Gasteiger partial charge in [-0.05, 0) is 31.6 Å². The number of rotatable bonds is 4. The fourth-order valence-electron chi connectivity index (χ4n) is 1.95. The number of hydrogen-bond donors (Lipinski definition) is 0. The topological polar surface area (TPSA) is 44.1 Å². The summed E-state index contributed by atoms with van der Waals surface area (Å²) in [5.41, 5.74) is -0.627. The molecule has 0 aromatic rings. The van der Waals surface area contributed by atoms with Crippen LogP contribution in [0.3, 0.4) is 0 Å². The summed E-state index contributed by atoms with van der Waals surface area (Å²) in [6.07, 6.45) is 3.78. The van der Waals surface area contributed by atoms with E-state index >= 15 is 0 Å². The van der Waals surface area contributed by atoms with Gasteiger partial charge in [-0.25, -0.2) is 0 Å². The lowest BCUT2D eigenvalue weighted by atomic mass is 10.1. The molecule has 2 saturated carbocycles. The molecular formula is C12H18N2O. The highest BCUT2D eigenvalue weighted by atomic mass is 16.2. The number of nitriles is 1. The van der Waals surface area contributed by atoms with Gasteiger partial charge in [0.05, 0.1) is 6.07 Å². The van der Waals surface area contributed by atoms with Crippen LogP contribution < -0.4 is 0 Å². The molecule has 0 aromatic carbocycles. The van der Waals surface area contributed by atoms with E-state index in [1.165, 1.54) is 0 Å². The van der Waals surface area contributed by atoms with Gasteiger partial charge >= 0.3 is 0 Å². The van der Waals surface area contributed by atoms with E-state index in [0.29, 0.717) is 12.0 Å². The first-order valence-electron chi connectivity index (χ1n) is 5.81. The fourth-order valence-corrected chi connectivity index (χ4v) is 1.95. The zero-order valence-electron chi connectivity index (χ0n) is 9.49. The summed E-state index contributed by atoms with van der Waals surface area (Å²) >= 11 is 0. The number of carbonyl (C=O) groups is 1. The van der Waals surface area contributed by atoms with Gasteiger partial charge in [0.15, 0.2) is 0 Å². The molecule has 0 unspecified atom stereocenters. The van der Waals surface area contributed by atoms with Gasteiger partial charge in [0.1, 0.15) is 5.41 Å². The van der Waals surface area contributed by atoms with Gasteiger partial charge in [-0.2, -0.15) is 5.26 Å². The van der Waals surface area contributed by atoms with E-state index in [-0.39, 0.29) is 5.91 Å². The van der Waals surface area contributed by atoms with Gasteiger partial charge in [-0.3, -0.25) is 4.79 Å². The Labute approximate surface area is 91.1 Å². The predicted molar refractivity (Wildman–Crippen MR) is 56.9 cm³/mol. The normalized spacial score (nSPS) is 22.3. The van der Waals surface area contributed by atoms with E-state index in [1.807, 2.05) is 4.90 Å². The molecule has 2 rings (SSSR count). The van der Waals surface area contributed by atoms with Crippen LogP contribution in [0.2, 0.25) is 0 Å². The van der Waals surface area contributed by atoms with Crippen LogP contribution >= 0.6 is 0 Å². The summed E-state index contributed by atoms with van der Waals surface area (Å²) in [5.74, 6) is 0.588. The third-order valence-electron chi connectivity index (χ3n) is 3.18. The van der Waals surface area contributed by atoms with Crippen molar-refractivity contribution >= 4 is 5.91 Å². The number of carbonyl (C=O) groups excluding carboxylic acids is 1. The summed E-state index contributed by atoms with van der Waals surface area (Å²) in [4.78, 5) is 14.1. The molecule has 82 valence electrons. The largest absolute Gasteiger partial charge is 0.338 e. The third kappa shape index (κ3) is 1.99. The summed E-state index contributed by atoms with van der Waals surface area (Å²) < 4.78 is 0. The van der Waals surface area contributed by atoms with Crippen LogP contribution in [-0.2, 0) is 4.79 Å². The van der Waals surface area contributed by atoms with Crippen molar-refractivity contribution in [3.05, 3.63) is 0 Å². The van der Waals surface area contributed by atoms with Crippen molar-refractivity contribution in [1.82, 2.24) is 4.90 Å². The van der Waals surface area contributed by atoms with Crippen LogP contribution in [0.15, 0.2) is 0 Å². The van der Waals surface area contributed by atoms with Crippen LogP contribution in [0.1, 0.15) is 39.5 Å². The van der Waals surface area contributed by atoms with Crippen molar-refractivity contribution in [3.8, 4) is 6.07 Å². The lowest BCUT2D eigenvalue weighted by Gasteiger charge is -2.26. The number of hydrogen-bond acceptors (Lipinski definition) is 2. The summed E-state index contributed by atoms with van der Waals surface area (Å²) in [6.45, 7) is 5.05. The molecule has 0 N–H and O–H groups in total. The Morgan fingerprint density at radius 1 is 1.53 bits per heavy atom. The van der Waals surface area contributed by atoms with Crippen molar-refractivity contribution in [2.75, 3.05) is 6.54 Å². The minimum absolute atomic E-state index is 0.0983. The zero-order chi connectivity index (χ0) is 11.1. The minimum Gasteiger partial charge on any atom is -0.338 e. The Morgan fingerprint density at radius 3 is 2.47 bits per heavy atom. The van der Waals surface area contributed by atoms with Gasteiger partial charge in [0, 0.05) is 12.6 Å². The smallest absolute Gasteiger partial charge is 0.243 e. The van der Waals surface area contributed by atoms with Gasteiger partial charge < -0.3 is 4.90 Å². The van der Waals surface area contributed by atoms with Crippen LogP contribution in [-0.4, -0.2) is 23.4 Å². The Morgan fingerprint density at radius 2 is 2.13 bits per heavy atom. The van der Waals surface area contributed by atoms with Crippen LogP contribution in [0.5, 0.6) is 0 Å². The average Bonchev–Trinajstić information content (AvgIpc) is 3.02. The SMILES string of the molecule is CC(C)CN(C(=O)C1(C#N)CC1)C1CC1. The Kier molecular flexibility index (Phi) is 2.46. The molecule has 2 fully saturated rings. The molecule has 0 aliphatic heterocycles. The van der Waals surface area contributed by atoms with Crippen LogP contribution in [0, 0.1) is 22.7 Å². The molecule has 0 saturated heterocycles. The molecule has 0 heterocycles. The first kappa shape index (κ1) is 10.5. The van der Waals surface area contributed by atoms with Crippen molar-refractivity contribution in [2.24, 2.45) is 11.3 Å². The van der Waals surface area contributed by atoms with Gasteiger partial charge in [-0.1, -0.05) is 13.8 Å². The molecule has 0 atom stereocenters. The summed E-state index contributed by atoms with van der Waals surface area (Å²) in [5, 5.41) is 9.01. The molecule has 3 nitrogen and oxygen atoms in total. The molecule has 0 spiro atoms. The molecule has 1 amide bonds. The van der Waals surface area contributed by atoms with E-state index in [9.17, 15) is 4.79 Å². The van der Waals surface area contributed by atoms with Crippen molar-refractivity contribution in [3.63, 3.8) is 0 Å². The maximum absolute atomic E-state index is 12.2. The second-order valence-corrected chi connectivity index (χ2v) is 5.28. The number of nitrogens with zero attached hydrogens (tertiary/aromatic N) is 2. The summed E-state index contributed by atoms with van der Waals surface area (Å²) in [7, 11) is 0. The lowest BCUT2D eigenvalue weighted by Crippen LogP contribution is -2.40. The zero-order valence-corrected chi connectivity index (χ0v) is 9.49. The van der Waals surface area contributed by atoms with Crippen LogP contribution in [0.4, 0.5) is 0 Å². The van der Waals surface area contributed by atoms with Crippen LogP contribution in [0.25, 0.3) is 0 Å². The quantitative estimate of drug-likeness (QED) is 0.705. The molecule has 0 aromatic heterocycles. The molecular weight excluding hydrogens is 188 g/mol. The molecule has 15 heavy (non-hydrogen) atoms. The lowest BCUT2D eigenvalue weighted by molar-refractivity contribution is -0.136. The van der Waals surface area contributed by atoms with Gasteiger partial charge in [0.2, 0.25) is 5.91 Å². The van der Waals surface area contributed by atoms with E-state index in [4.69, 9.17) is 5.26 Å². The minimum atomic E-state index is -0.627. The predicted octanol–water partition coefficient (Wildman–Crippen LogP) is 1.94. The maximum Gasteiger partial charge on any atom is 0.243 e. The van der Waals surface area contributed by atoms with Crippen molar-refractivity contribution < 1.29 is 4.79 Å². The van der Waals surface area contributed by atoms with E-state index < -0.39 is 5.41 Å². The average molecular weight is 206 g/mol. The standard InChI is InChI=1S/C12H18N2O/c1-9(2)7-14(10-3-4-10)11(15)12(8-13)5-6-12/h9-10H,3-7H2,1-2H3. The molecule has 3 heteroatoms. The first-order valence-corrected chi connectivity index (χ1v) is 5.81. The second-order valence-electron chi connectivity index (χ2n) is 5.28. The highest BCUT2D eigenvalue weighted by molar-refractivity contribution is 5.88. The summed E-state index contributed by atoms with van der Waals surface area (Å²) in [6, 6.07) is 2.63. The Hall–Kier alpha value is -1.04. The Balaban J connectivity index is 2.05. The van der Waals surface area contributed by atoms with E-state index in [2.05, 4.69) is 19.9 Å². The molecule has 2 aliphatic rings. The Bertz CT molecular complexity index is 308. The second kappa shape index (κ2) is 3.52. The molecule has 0 radical (unpaired) electrons. The molecule has 0 bridgehead atoms. The third-order valence-corrected chi connectivity index (χ3v) is 3.18. The van der Waals surface area contributed by atoms with Gasteiger partial charge in [0.25, 0.3) is 0 Å². The maximum atomic E-state index is 12.2. The van der Waals surface area contributed by atoms with Gasteiger partial charge in [-0.15, -0.1) is 0 Å². The first-order chi connectivity index (χ1) is 7.09. The van der Waals surface area contributed by atoms with Crippen molar-refractivity contribution in [1.29, 1.82) is 5.26 Å². The van der Waals surface area contributed by atoms with E-state index in [1.54, 1.807) is 0 Å². The van der Waals surface area contributed by atoms with E-state index in [0.717, 1.165) is 32.2 Å². The monoisotopic (exact) mass is 206 g/mol. The fraction of sp³-hybridized carbons (Fsp3) is 0.833. The van der Waals surface area contributed by atoms with Crippen molar-refractivity contribution in [2.45, 2.75) is 45.6 Å².